The van der Waals surface area contributed by atoms with Crippen LogP contribution in [0.3, 0.4) is 0 Å². The summed E-state index contributed by atoms with van der Waals surface area (Å²) >= 11 is 24.2. The molecule has 0 heterocycles. The van der Waals surface area contributed by atoms with Crippen molar-refractivity contribution in [3.63, 3.8) is 0 Å². The summed E-state index contributed by atoms with van der Waals surface area (Å²) < 4.78 is 80.1. The van der Waals surface area contributed by atoms with E-state index in [1.165, 1.54) is 36.4 Å². The number of carbonyl (C=O) groups is 6. The maximum absolute atomic E-state index is 13.4. The molecule has 2 atom stereocenters. The molecular formula is C44H32Cl4F6N8O6. The van der Waals surface area contributed by atoms with Gasteiger partial charge in [-0.3, -0.25) is 28.8 Å². The SMILES string of the molecule is CC(=O)C(N=Nc1ccc(Cl)c(C(=O)Nc2cccc(C(F)(F)F)c2Cl)c1)C(=O)Nc1ccc(NC(=O)C(N=Nc2ccc(Cl)c(C(=O)Nc3cccc(C(F)(F)F)c3Cl)c2)C(C)=O)c(C)c1C. The van der Waals surface area contributed by atoms with Gasteiger partial charge >= 0.3 is 12.4 Å². The van der Waals surface area contributed by atoms with E-state index >= 15 is 0 Å². The van der Waals surface area contributed by atoms with Crippen LogP contribution >= 0.6 is 46.4 Å². The van der Waals surface area contributed by atoms with Gasteiger partial charge in [0.1, 0.15) is 0 Å². The average molecular weight is 1020 g/mol. The fourth-order valence-corrected chi connectivity index (χ4v) is 6.92. The number of alkyl halides is 6. The Bertz CT molecular complexity index is 2740. The molecule has 0 fully saturated rings. The van der Waals surface area contributed by atoms with Gasteiger partial charge in [-0.05, 0) is 112 Å². The molecule has 68 heavy (non-hydrogen) atoms. The molecule has 5 aromatic rings. The van der Waals surface area contributed by atoms with Crippen LogP contribution in [0.5, 0.6) is 0 Å². The molecule has 5 aromatic carbocycles. The van der Waals surface area contributed by atoms with E-state index in [9.17, 15) is 55.1 Å². The van der Waals surface area contributed by atoms with Crippen LogP contribution in [0, 0.1) is 13.8 Å². The van der Waals surface area contributed by atoms with Gasteiger partial charge in [0.05, 0.1) is 65.1 Å². The number of anilines is 4. The Balaban J connectivity index is 1.27. The molecule has 2 unspecified atom stereocenters. The van der Waals surface area contributed by atoms with Crippen molar-refractivity contribution in [1.29, 1.82) is 0 Å². The minimum atomic E-state index is -4.80. The minimum Gasteiger partial charge on any atom is -0.324 e. The largest absolute Gasteiger partial charge is 0.417 e. The van der Waals surface area contributed by atoms with E-state index in [2.05, 4.69) is 41.7 Å². The molecule has 4 amide bonds. The first-order valence-corrected chi connectivity index (χ1v) is 20.8. The molecule has 0 aliphatic carbocycles. The molecule has 0 bridgehead atoms. The zero-order chi connectivity index (χ0) is 50.4. The van der Waals surface area contributed by atoms with Gasteiger partial charge < -0.3 is 21.3 Å². The van der Waals surface area contributed by atoms with Crippen LogP contribution in [-0.4, -0.2) is 47.3 Å². The first kappa shape index (κ1) is 52.2. The van der Waals surface area contributed by atoms with Gasteiger partial charge in [0.2, 0.25) is 12.1 Å². The summed E-state index contributed by atoms with van der Waals surface area (Å²) in [5, 5.41) is 23.5. The molecule has 0 spiro atoms. The van der Waals surface area contributed by atoms with Crippen LogP contribution in [0.1, 0.15) is 56.8 Å². The van der Waals surface area contributed by atoms with Gasteiger partial charge in [-0.25, -0.2) is 0 Å². The van der Waals surface area contributed by atoms with Crippen LogP contribution in [0.15, 0.2) is 105 Å². The number of carbonyl (C=O) groups excluding carboxylic acids is 6. The number of nitrogens with one attached hydrogen (secondary N) is 4. The number of Topliss-reactive ketones (excluding diaryl/α,β-unsaturated/α-hetero) is 2. The summed E-state index contributed by atoms with van der Waals surface area (Å²) in [4.78, 5) is 78.0. The molecule has 0 aromatic heterocycles. The van der Waals surface area contributed by atoms with Gasteiger partial charge in [-0.1, -0.05) is 58.5 Å². The summed E-state index contributed by atoms with van der Waals surface area (Å²) in [5.74, 6) is -5.23. The second-order valence-corrected chi connectivity index (χ2v) is 16.0. The summed E-state index contributed by atoms with van der Waals surface area (Å²) in [5.41, 5.74) is -2.49. The number of amides is 4. The number of hydrogen-bond donors (Lipinski definition) is 4. The Morgan fingerprint density at radius 3 is 1.18 bits per heavy atom. The van der Waals surface area contributed by atoms with Gasteiger partial charge in [-0.15, -0.1) is 0 Å². The van der Waals surface area contributed by atoms with Gasteiger partial charge in [0, 0.05) is 11.4 Å². The topological polar surface area (TPSA) is 200 Å². The Morgan fingerprint density at radius 1 is 0.500 bits per heavy atom. The molecule has 0 saturated heterocycles. The molecule has 0 aliphatic rings. The first-order valence-electron chi connectivity index (χ1n) is 19.3. The molecule has 4 N–H and O–H groups in total. The quantitative estimate of drug-likeness (QED) is 0.0484. The molecule has 0 radical (unpaired) electrons. The smallest absolute Gasteiger partial charge is 0.324 e. The highest BCUT2D eigenvalue weighted by Gasteiger charge is 2.35. The van der Waals surface area contributed by atoms with Gasteiger partial charge in [-0.2, -0.15) is 46.8 Å². The Kier molecular flexibility index (Phi) is 16.5. The van der Waals surface area contributed by atoms with Gasteiger partial charge in [0.25, 0.3) is 23.6 Å². The highest BCUT2D eigenvalue weighted by atomic mass is 35.5. The maximum Gasteiger partial charge on any atom is 0.417 e. The Labute approximate surface area is 401 Å². The van der Waals surface area contributed by atoms with Crippen molar-refractivity contribution in [2.75, 3.05) is 21.3 Å². The first-order chi connectivity index (χ1) is 31.8. The number of azo groups is 2. The highest BCUT2D eigenvalue weighted by Crippen LogP contribution is 2.40. The van der Waals surface area contributed by atoms with E-state index in [0.717, 1.165) is 62.4 Å². The zero-order valence-electron chi connectivity index (χ0n) is 35.3. The molecule has 14 nitrogen and oxygen atoms in total. The monoisotopic (exact) mass is 1020 g/mol. The van der Waals surface area contributed by atoms with Crippen LogP contribution in [0.4, 0.5) is 60.5 Å². The van der Waals surface area contributed by atoms with Crippen molar-refractivity contribution >= 4 is 116 Å². The molecule has 0 aliphatic heterocycles. The van der Waals surface area contributed by atoms with E-state index in [1.807, 2.05) is 0 Å². The second-order valence-electron chi connectivity index (χ2n) is 14.4. The molecule has 354 valence electrons. The van der Waals surface area contributed by atoms with Crippen molar-refractivity contribution in [3.05, 3.63) is 138 Å². The summed E-state index contributed by atoms with van der Waals surface area (Å²) in [6.45, 7) is 5.31. The fraction of sp³-hybridized carbons (Fsp3) is 0.182. The Morgan fingerprint density at radius 2 is 0.853 bits per heavy atom. The maximum atomic E-state index is 13.4. The lowest BCUT2D eigenvalue weighted by atomic mass is 10.0. The Hall–Kier alpha value is -6.74. The number of nitrogens with zero attached hydrogens (tertiary/aromatic N) is 4. The minimum absolute atomic E-state index is 0.0622. The summed E-state index contributed by atoms with van der Waals surface area (Å²) in [6, 6.07) is 12.6. The molecule has 0 saturated carbocycles. The van der Waals surface area contributed by atoms with Crippen molar-refractivity contribution in [1.82, 2.24) is 0 Å². The number of ketones is 2. The third-order valence-electron chi connectivity index (χ3n) is 9.64. The van der Waals surface area contributed by atoms with E-state index in [0.29, 0.717) is 11.1 Å². The number of rotatable bonds is 14. The molecule has 5 rings (SSSR count). The van der Waals surface area contributed by atoms with Crippen LogP contribution in [0.2, 0.25) is 20.1 Å². The van der Waals surface area contributed by atoms with E-state index < -0.39 is 80.8 Å². The number of benzene rings is 5. The normalized spacial score (nSPS) is 12.7. The third-order valence-corrected chi connectivity index (χ3v) is 11.1. The van der Waals surface area contributed by atoms with Crippen LogP contribution in [-0.2, 0) is 31.5 Å². The average Bonchev–Trinajstić information content (AvgIpc) is 3.25. The van der Waals surface area contributed by atoms with E-state index in [-0.39, 0.29) is 55.3 Å². The standard InChI is InChI=1S/C44H32Cl4F6N8O6/c1-19-20(2)32(56-42(68)38(22(4)64)62-60-24-12-14-30(46)26(18-24)40(66)58-34-10-6-8-28(36(34)48)44(52,53)54)16-15-31(19)55-41(67)37(21(3)63)61-59-23-11-13-29(45)25(17-23)39(65)57-33-9-5-7-27(35(33)47)43(49,50)51/h5-18,37-38H,1-4H3,(H,55,67)(H,56,68)(H,57,65)(H,58,66). The summed E-state index contributed by atoms with van der Waals surface area (Å²) in [6.07, 6.45) is -9.59. The molecule has 24 heteroatoms. The van der Waals surface area contributed by atoms with Crippen molar-refractivity contribution in [2.45, 2.75) is 52.1 Å². The fourth-order valence-electron chi connectivity index (χ4n) is 5.95. The van der Waals surface area contributed by atoms with Crippen molar-refractivity contribution in [2.24, 2.45) is 20.5 Å². The van der Waals surface area contributed by atoms with Crippen molar-refractivity contribution < 1.29 is 55.1 Å². The third kappa shape index (κ3) is 12.6. The van der Waals surface area contributed by atoms with Crippen molar-refractivity contribution in [3.8, 4) is 0 Å². The second kappa shape index (κ2) is 21.5. The number of hydrogen-bond acceptors (Lipinski definition) is 10. The number of halogens is 10. The van der Waals surface area contributed by atoms with Crippen LogP contribution in [0.25, 0.3) is 0 Å². The van der Waals surface area contributed by atoms with Crippen LogP contribution < -0.4 is 21.3 Å². The van der Waals surface area contributed by atoms with E-state index in [4.69, 9.17) is 46.4 Å². The lowest BCUT2D eigenvalue weighted by Gasteiger charge is -2.17. The summed E-state index contributed by atoms with van der Waals surface area (Å²) in [7, 11) is 0. The predicted molar refractivity (Wildman–Crippen MR) is 243 cm³/mol. The molecular weight excluding hydrogens is 992 g/mol. The van der Waals surface area contributed by atoms with Gasteiger partial charge in [0.15, 0.2) is 11.6 Å². The highest BCUT2D eigenvalue weighted by molar-refractivity contribution is 6.37. The zero-order valence-corrected chi connectivity index (χ0v) is 38.3. The lowest BCUT2D eigenvalue weighted by Crippen LogP contribution is -2.33. The predicted octanol–water partition coefficient (Wildman–Crippen LogP) is 12.8. The van der Waals surface area contributed by atoms with E-state index in [1.54, 1.807) is 13.8 Å². The lowest BCUT2D eigenvalue weighted by molar-refractivity contribution is -0.138.